The highest BCUT2D eigenvalue weighted by Crippen LogP contribution is 2.32. The number of benzene rings is 1. The van der Waals surface area contributed by atoms with E-state index in [0.717, 1.165) is 5.56 Å². The number of hydrogen-bond donors (Lipinski definition) is 2. The van der Waals surface area contributed by atoms with Crippen molar-refractivity contribution in [1.29, 1.82) is 0 Å². The first-order valence-corrected chi connectivity index (χ1v) is 11.7. The quantitative estimate of drug-likeness (QED) is 0.313. The van der Waals surface area contributed by atoms with Crippen LogP contribution in [-0.2, 0) is 11.5 Å². The average Bonchev–Trinajstić information content (AvgIpc) is 3.25. The van der Waals surface area contributed by atoms with Crippen molar-refractivity contribution in [2.75, 3.05) is 0 Å². The summed E-state index contributed by atoms with van der Waals surface area (Å²) in [4.78, 5) is 36.0. The monoisotopic (exact) mass is 479 g/mol. The second-order valence-corrected chi connectivity index (χ2v) is 8.58. The molecular formula is C23H17N3O5S2. The minimum atomic E-state index is -1.06. The summed E-state index contributed by atoms with van der Waals surface area (Å²) in [5, 5.41) is 19.6. The van der Waals surface area contributed by atoms with Crippen LogP contribution in [0.5, 0.6) is 0 Å². The van der Waals surface area contributed by atoms with Crippen LogP contribution in [0, 0.1) is 0 Å². The SMILES string of the molecule is O=C(O)c1cccnc1SCc1nc(-c2ccccc2)oc1CSc1ncccc1C(=O)O. The van der Waals surface area contributed by atoms with Gasteiger partial charge in [-0.05, 0) is 36.4 Å². The maximum absolute atomic E-state index is 11.5. The summed E-state index contributed by atoms with van der Waals surface area (Å²) in [5.74, 6) is -0.483. The van der Waals surface area contributed by atoms with Gasteiger partial charge in [-0.3, -0.25) is 0 Å². The number of carbonyl (C=O) groups is 2. The Morgan fingerprint density at radius 1 is 0.788 bits per heavy atom. The van der Waals surface area contributed by atoms with Gasteiger partial charge < -0.3 is 14.6 Å². The Hall–Kier alpha value is -3.63. The largest absolute Gasteiger partial charge is 0.478 e. The zero-order chi connectivity index (χ0) is 23.2. The Morgan fingerprint density at radius 3 is 1.94 bits per heavy atom. The van der Waals surface area contributed by atoms with E-state index in [4.69, 9.17) is 4.42 Å². The van der Waals surface area contributed by atoms with Crippen molar-refractivity contribution in [3.63, 3.8) is 0 Å². The molecule has 0 saturated heterocycles. The van der Waals surface area contributed by atoms with E-state index in [-0.39, 0.29) is 11.1 Å². The lowest BCUT2D eigenvalue weighted by molar-refractivity contribution is 0.0681. The van der Waals surface area contributed by atoms with E-state index in [9.17, 15) is 19.8 Å². The molecule has 1 aromatic carbocycles. The van der Waals surface area contributed by atoms with E-state index in [1.807, 2.05) is 30.3 Å². The van der Waals surface area contributed by atoms with E-state index in [0.29, 0.717) is 38.9 Å². The van der Waals surface area contributed by atoms with E-state index in [1.165, 1.54) is 48.1 Å². The molecule has 0 unspecified atom stereocenters. The van der Waals surface area contributed by atoms with Crippen molar-refractivity contribution in [1.82, 2.24) is 15.0 Å². The number of hydrogen-bond acceptors (Lipinski definition) is 8. The molecule has 0 saturated carbocycles. The van der Waals surface area contributed by atoms with Crippen molar-refractivity contribution < 1.29 is 24.2 Å². The lowest BCUT2D eigenvalue weighted by Crippen LogP contribution is -2.01. The van der Waals surface area contributed by atoms with Crippen LogP contribution in [0.4, 0.5) is 0 Å². The highest BCUT2D eigenvalue weighted by Gasteiger charge is 2.19. The first kappa shape index (κ1) is 22.6. The molecule has 0 aliphatic heterocycles. The Morgan fingerprint density at radius 2 is 1.36 bits per heavy atom. The minimum Gasteiger partial charge on any atom is -0.478 e. The first-order valence-electron chi connectivity index (χ1n) is 9.69. The summed E-state index contributed by atoms with van der Waals surface area (Å²) in [6.07, 6.45) is 3.08. The van der Waals surface area contributed by atoms with Gasteiger partial charge in [0.1, 0.15) is 15.8 Å². The molecule has 0 radical (unpaired) electrons. The number of rotatable bonds is 9. The lowest BCUT2D eigenvalue weighted by Gasteiger charge is -2.05. The van der Waals surface area contributed by atoms with E-state index < -0.39 is 11.9 Å². The molecule has 0 bridgehead atoms. The maximum Gasteiger partial charge on any atom is 0.338 e. The average molecular weight is 480 g/mol. The number of pyridine rings is 2. The van der Waals surface area contributed by atoms with E-state index >= 15 is 0 Å². The van der Waals surface area contributed by atoms with Crippen LogP contribution < -0.4 is 0 Å². The Bertz CT molecular complexity index is 1220. The summed E-state index contributed by atoms with van der Waals surface area (Å²) in [5.41, 5.74) is 1.65. The highest BCUT2D eigenvalue weighted by atomic mass is 32.2. The van der Waals surface area contributed by atoms with Gasteiger partial charge in [0.25, 0.3) is 0 Å². The zero-order valence-corrected chi connectivity index (χ0v) is 18.7. The second-order valence-electron chi connectivity index (χ2n) is 6.65. The molecule has 3 heterocycles. The normalized spacial score (nSPS) is 10.8. The summed E-state index contributed by atoms with van der Waals surface area (Å²) in [6.45, 7) is 0. The molecule has 2 N–H and O–H groups in total. The van der Waals surface area contributed by atoms with Crippen molar-refractivity contribution >= 4 is 35.5 Å². The Balaban J connectivity index is 1.61. The number of oxazole rings is 1. The molecule has 10 heteroatoms. The molecule has 33 heavy (non-hydrogen) atoms. The van der Waals surface area contributed by atoms with Crippen LogP contribution in [0.15, 0.2) is 81.5 Å². The van der Waals surface area contributed by atoms with Gasteiger partial charge in [0, 0.05) is 23.7 Å². The third-order valence-electron chi connectivity index (χ3n) is 4.49. The molecule has 0 aliphatic carbocycles. The van der Waals surface area contributed by atoms with Crippen molar-refractivity contribution in [2.45, 2.75) is 21.6 Å². The van der Waals surface area contributed by atoms with Gasteiger partial charge in [-0.15, -0.1) is 0 Å². The first-order chi connectivity index (χ1) is 16.0. The van der Waals surface area contributed by atoms with E-state index in [2.05, 4.69) is 15.0 Å². The van der Waals surface area contributed by atoms with Crippen molar-refractivity contribution in [3.8, 4) is 11.5 Å². The summed E-state index contributed by atoms with van der Waals surface area (Å²) < 4.78 is 6.03. The number of carboxylic acid groups (broad SMARTS) is 2. The van der Waals surface area contributed by atoms with Gasteiger partial charge in [-0.1, -0.05) is 41.7 Å². The molecule has 4 rings (SSSR count). The third kappa shape index (κ3) is 5.41. The van der Waals surface area contributed by atoms with Gasteiger partial charge in [0.05, 0.1) is 22.6 Å². The summed E-state index contributed by atoms with van der Waals surface area (Å²) in [6, 6.07) is 15.6. The summed E-state index contributed by atoms with van der Waals surface area (Å²) >= 11 is 2.48. The second kappa shape index (κ2) is 10.3. The Kier molecular flexibility index (Phi) is 7.06. The van der Waals surface area contributed by atoms with Crippen LogP contribution >= 0.6 is 23.5 Å². The van der Waals surface area contributed by atoms with E-state index in [1.54, 1.807) is 12.1 Å². The highest BCUT2D eigenvalue weighted by molar-refractivity contribution is 7.98. The fraction of sp³-hybridized carbons (Fsp3) is 0.0870. The van der Waals surface area contributed by atoms with Gasteiger partial charge in [-0.25, -0.2) is 24.5 Å². The van der Waals surface area contributed by atoms with Crippen LogP contribution in [0.1, 0.15) is 32.2 Å². The van der Waals surface area contributed by atoms with Crippen LogP contribution in [0.25, 0.3) is 11.5 Å². The number of carboxylic acids is 2. The third-order valence-corrected chi connectivity index (χ3v) is 6.51. The fourth-order valence-electron chi connectivity index (χ4n) is 2.92. The number of nitrogens with zero attached hydrogens (tertiary/aromatic N) is 3. The number of thioether (sulfide) groups is 2. The van der Waals surface area contributed by atoms with Gasteiger partial charge in [0.2, 0.25) is 5.89 Å². The molecule has 0 amide bonds. The smallest absolute Gasteiger partial charge is 0.338 e. The predicted molar refractivity (Wildman–Crippen MR) is 123 cm³/mol. The molecule has 0 atom stereocenters. The van der Waals surface area contributed by atoms with Crippen LogP contribution in [0.3, 0.4) is 0 Å². The fourth-order valence-corrected chi connectivity index (χ4v) is 4.81. The standard InChI is InChI=1S/C23H17N3O5S2/c27-22(28)15-8-4-10-24-20(15)32-12-17-18(31-19(26-17)14-6-2-1-3-7-14)13-33-21-16(23(29)30)9-5-11-25-21/h1-11H,12-13H2,(H,27,28)(H,29,30). The van der Waals surface area contributed by atoms with Gasteiger partial charge >= 0.3 is 11.9 Å². The van der Waals surface area contributed by atoms with Gasteiger partial charge in [-0.2, -0.15) is 0 Å². The summed E-state index contributed by atoms with van der Waals surface area (Å²) in [7, 11) is 0. The number of aromatic carboxylic acids is 2. The molecular weight excluding hydrogens is 462 g/mol. The molecule has 0 aliphatic rings. The Labute approximate surface area is 197 Å². The zero-order valence-electron chi connectivity index (χ0n) is 17.0. The van der Waals surface area contributed by atoms with Crippen molar-refractivity contribution in [3.05, 3.63) is 89.6 Å². The molecule has 166 valence electrons. The molecule has 3 aromatic heterocycles. The predicted octanol–water partition coefficient (Wildman–Crippen LogP) is 5.11. The topological polar surface area (TPSA) is 126 Å². The molecule has 4 aromatic rings. The minimum absolute atomic E-state index is 0.112. The van der Waals surface area contributed by atoms with Crippen molar-refractivity contribution in [2.24, 2.45) is 0 Å². The lowest BCUT2D eigenvalue weighted by atomic mass is 10.2. The molecule has 0 spiro atoms. The van der Waals surface area contributed by atoms with Gasteiger partial charge in [0.15, 0.2) is 0 Å². The molecule has 8 nitrogen and oxygen atoms in total. The van der Waals surface area contributed by atoms with Crippen LogP contribution in [0.2, 0.25) is 0 Å². The number of aromatic nitrogens is 3. The van der Waals surface area contributed by atoms with Crippen LogP contribution in [-0.4, -0.2) is 37.1 Å². The molecule has 0 fully saturated rings. The maximum atomic E-state index is 11.5.